The van der Waals surface area contributed by atoms with Crippen molar-refractivity contribution in [1.29, 1.82) is 5.26 Å². The molecule has 0 saturated heterocycles. The summed E-state index contributed by atoms with van der Waals surface area (Å²) in [6, 6.07) is 16.5. The Bertz CT molecular complexity index is 1660. The maximum absolute atomic E-state index is 15.2. The largest absolute Gasteiger partial charge is 0.384 e. The number of Topliss-reactive ketones (excluding diaryl/α,β-unsaturated/α-hetero) is 1. The summed E-state index contributed by atoms with van der Waals surface area (Å²) in [6.07, 6.45) is 1.54. The highest BCUT2D eigenvalue weighted by Gasteiger charge is 2.41. The Labute approximate surface area is 255 Å². The molecule has 2 aliphatic rings. The van der Waals surface area contributed by atoms with Crippen LogP contribution in [0.3, 0.4) is 0 Å². The van der Waals surface area contributed by atoms with Gasteiger partial charge >= 0.3 is 0 Å². The van der Waals surface area contributed by atoms with Crippen LogP contribution >= 0.6 is 50.9 Å². The maximum atomic E-state index is 15.2. The number of allylic oxidation sites excluding steroid dienone is 3. The SMILES string of the molecule is Cc1cc(CSc2cc(Cl)ccc2Cl)c(C)c(C2C(C#N)=C(N)N(c3ccc(Br)cc3F)C3=C2C(=O)CCC3)c1. The van der Waals surface area contributed by atoms with Gasteiger partial charge in [-0.3, -0.25) is 9.69 Å². The highest BCUT2D eigenvalue weighted by atomic mass is 79.9. The van der Waals surface area contributed by atoms with Crippen LogP contribution in [0.1, 0.15) is 47.4 Å². The van der Waals surface area contributed by atoms with Crippen LogP contribution in [0.25, 0.3) is 0 Å². The summed E-state index contributed by atoms with van der Waals surface area (Å²) in [6.45, 7) is 4.00. The zero-order chi connectivity index (χ0) is 28.7. The summed E-state index contributed by atoms with van der Waals surface area (Å²) in [5, 5.41) is 11.6. The molecule has 4 nitrogen and oxygen atoms in total. The Kier molecular flexibility index (Phi) is 8.35. The topological polar surface area (TPSA) is 70.1 Å². The predicted molar refractivity (Wildman–Crippen MR) is 164 cm³/mol. The first-order chi connectivity index (χ1) is 19.1. The first-order valence-corrected chi connectivity index (χ1v) is 15.2. The van der Waals surface area contributed by atoms with E-state index < -0.39 is 11.7 Å². The monoisotopic (exact) mass is 655 g/mol. The van der Waals surface area contributed by atoms with Crippen molar-refractivity contribution in [3.63, 3.8) is 0 Å². The third-order valence-electron chi connectivity index (χ3n) is 7.35. The van der Waals surface area contributed by atoms with Crippen molar-refractivity contribution in [2.45, 2.75) is 49.7 Å². The van der Waals surface area contributed by atoms with Crippen LogP contribution in [0.2, 0.25) is 10.0 Å². The van der Waals surface area contributed by atoms with Gasteiger partial charge in [-0.15, -0.1) is 11.8 Å². The molecular weight excluding hydrogens is 632 g/mol. The van der Waals surface area contributed by atoms with E-state index in [0.717, 1.165) is 27.1 Å². The standard InChI is InChI=1S/C31H25BrCl2FN3OS/c1-16-10-18(15-40-28-13-20(33)7-8-23(28)34)17(2)21(11-16)29-22(14-36)31(37)38(25-9-6-19(32)12-24(25)35)26-4-3-5-27(39)30(26)29/h6-13,29H,3-5,15,37H2,1-2H3. The van der Waals surface area contributed by atoms with Crippen molar-refractivity contribution >= 4 is 62.4 Å². The predicted octanol–water partition coefficient (Wildman–Crippen LogP) is 9.11. The van der Waals surface area contributed by atoms with Crippen molar-refractivity contribution in [3.8, 4) is 6.07 Å². The van der Waals surface area contributed by atoms with Crippen LogP contribution in [0, 0.1) is 31.0 Å². The van der Waals surface area contributed by atoms with Crippen LogP contribution < -0.4 is 10.6 Å². The van der Waals surface area contributed by atoms with E-state index in [1.807, 2.05) is 26.0 Å². The fourth-order valence-electron chi connectivity index (χ4n) is 5.49. The Hall–Kier alpha value is -2.76. The molecule has 1 aliphatic carbocycles. The molecule has 0 saturated carbocycles. The van der Waals surface area contributed by atoms with Crippen LogP contribution in [-0.4, -0.2) is 5.78 Å². The quantitative estimate of drug-likeness (QED) is 0.277. The molecule has 0 radical (unpaired) electrons. The van der Waals surface area contributed by atoms with E-state index in [1.165, 1.54) is 6.07 Å². The molecule has 1 unspecified atom stereocenters. The van der Waals surface area contributed by atoms with Gasteiger partial charge in [0.25, 0.3) is 0 Å². The average molecular weight is 657 g/mol. The van der Waals surface area contributed by atoms with E-state index in [-0.39, 0.29) is 22.9 Å². The molecule has 1 heterocycles. The number of hydrogen-bond acceptors (Lipinski definition) is 5. The fraction of sp³-hybridized carbons (Fsp3) is 0.226. The number of ketones is 1. The number of nitriles is 1. The van der Waals surface area contributed by atoms with Crippen LogP contribution in [0.15, 0.2) is 80.6 Å². The summed E-state index contributed by atoms with van der Waals surface area (Å²) in [5.74, 6) is -0.421. The highest BCUT2D eigenvalue weighted by Crippen LogP contribution is 2.48. The van der Waals surface area contributed by atoms with Gasteiger partial charge in [-0.05, 0) is 79.8 Å². The van der Waals surface area contributed by atoms with E-state index >= 15 is 4.39 Å². The lowest BCUT2D eigenvalue weighted by molar-refractivity contribution is -0.116. The first-order valence-electron chi connectivity index (χ1n) is 12.7. The molecule has 1 atom stereocenters. The number of hydrogen-bond donors (Lipinski definition) is 1. The second-order valence-electron chi connectivity index (χ2n) is 9.91. The number of benzene rings is 3. The molecule has 40 heavy (non-hydrogen) atoms. The minimum Gasteiger partial charge on any atom is -0.384 e. The van der Waals surface area contributed by atoms with Gasteiger partial charge in [0.1, 0.15) is 11.6 Å². The lowest BCUT2D eigenvalue weighted by Gasteiger charge is -2.40. The zero-order valence-electron chi connectivity index (χ0n) is 21.8. The number of anilines is 1. The number of thioether (sulfide) groups is 1. The van der Waals surface area contributed by atoms with Gasteiger partial charge in [-0.2, -0.15) is 5.26 Å². The summed E-state index contributed by atoms with van der Waals surface area (Å²) >= 11 is 17.5. The second-order valence-corrected chi connectivity index (χ2v) is 12.7. The third kappa shape index (κ3) is 5.31. The zero-order valence-corrected chi connectivity index (χ0v) is 25.7. The summed E-state index contributed by atoms with van der Waals surface area (Å²) in [4.78, 5) is 16.0. The summed E-state index contributed by atoms with van der Waals surface area (Å²) < 4.78 is 15.8. The molecular formula is C31H25BrCl2FN3OS. The number of nitrogens with two attached hydrogens (primary N) is 1. The van der Waals surface area contributed by atoms with Crippen molar-refractivity contribution in [2.75, 3.05) is 4.90 Å². The second kappa shape index (κ2) is 11.6. The number of aryl methyl sites for hydroxylation is 1. The molecule has 5 rings (SSSR count). The number of nitrogens with zero attached hydrogens (tertiary/aromatic N) is 2. The number of carbonyl (C=O) groups is 1. The molecule has 3 aromatic rings. The molecule has 0 fully saturated rings. The highest BCUT2D eigenvalue weighted by molar-refractivity contribution is 9.10. The minimum absolute atomic E-state index is 0.0449. The minimum atomic E-state index is -0.638. The number of rotatable bonds is 5. The molecule has 204 valence electrons. The van der Waals surface area contributed by atoms with Crippen molar-refractivity contribution in [2.24, 2.45) is 5.73 Å². The van der Waals surface area contributed by atoms with Gasteiger partial charge in [-0.1, -0.05) is 56.8 Å². The van der Waals surface area contributed by atoms with E-state index in [1.54, 1.807) is 40.9 Å². The summed E-state index contributed by atoms with van der Waals surface area (Å²) in [7, 11) is 0. The number of halogens is 4. The molecule has 1 aliphatic heterocycles. The van der Waals surface area contributed by atoms with Crippen LogP contribution in [-0.2, 0) is 10.5 Å². The molecule has 0 bridgehead atoms. The average Bonchev–Trinajstić information content (AvgIpc) is 2.91. The Balaban J connectivity index is 1.65. The Morgan fingerprint density at radius 3 is 2.65 bits per heavy atom. The Morgan fingerprint density at radius 2 is 1.93 bits per heavy atom. The van der Waals surface area contributed by atoms with Crippen molar-refractivity contribution < 1.29 is 9.18 Å². The smallest absolute Gasteiger partial charge is 0.161 e. The van der Waals surface area contributed by atoms with Gasteiger partial charge in [0.05, 0.1) is 28.3 Å². The van der Waals surface area contributed by atoms with Crippen LogP contribution in [0.4, 0.5) is 10.1 Å². The Morgan fingerprint density at radius 1 is 1.15 bits per heavy atom. The molecule has 3 aromatic carbocycles. The first kappa shape index (κ1) is 28.8. The molecule has 0 spiro atoms. The normalized spacial score (nSPS) is 17.3. The van der Waals surface area contributed by atoms with Crippen LogP contribution in [0.5, 0.6) is 0 Å². The maximum Gasteiger partial charge on any atom is 0.161 e. The van der Waals surface area contributed by atoms with Gasteiger partial charge in [0, 0.05) is 37.8 Å². The lowest BCUT2D eigenvalue weighted by Crippen LogP contribution is -2.39. The van der Waals surface area contributed by atoms with Gasteiger partial charge in [0.2, 0.25) is 0 Å². The third-order valence-corrected chi connectivity index (χ3v) is 9.63. The van der Waals surface area contributed by atoms with Gasteiger partial charge in [0.15, 0.2) is 5.78 Å². The fourth-order valence-corrected chi connectivity index (χ4v) is 7.37. The molecule has 2 N–H and O–H groups in total. The molecule has 9 heteroatoms. The number of carbonyl (C=O) groups excluding carboxylic acids is 1. The van der Waals surface area contributed by atoms with E-state index in [4.69, 9.17) is 28.9 Å². The molecule has 0 aromatic heterocycles. The van der Waals surface area contributed by atoms with Crippen molar-refractivity contribution in [3.05, 3.63) is 114 Å². The van der Waals surface area contributed by atoms with Crippen molar-refractivity contribution in [1.82, 2.24) is 0 Å². The van der Waals surface area contributed by atoms with E-state index in [0.29, 0.717) is 50.8 Å². The van der Waals surface area contributed by atoms with E-state index in [9.17, 15) is 10.1 Å². The van der Waals surface area contributed by atoms with E-state index in [2.05, 4.69) is 28.1 Å². The molecule has 0 amide bonds. The summed E-state index contributed by atoms with van der Waals surface area (Å²) in [5.41, 5.74) is 12.2. The lowest BCUT2D eigenvalue weighted by atomic mass is 9.73. The van der Waals surface area contributed by atoms with Gasteiger partial charge < -0.3 is 5.73 Å². The van der Waals surface area contributed by atoms with Gasteiger partial charge in [-0.25, -0.2) is 4.39 Å².